The molecule has 3 aliphatic heterocycles. The Morgan fingerprint density at radius 1 is 1.00 bits per heavy atom. The van der Waals surface area contributed by atoms with Gasteiger partial charge in [0.1, 0.15) is 18.4 Å². The van der Waals surface area contributed by atoms with Crippen molar-refractivity contribution in [3.8, 4) is 5.75 Å². The number of hydrogen-bond acceptors (Lipinski definition) is 6. The largest absolute Gasteiger partial charge is 0.489 e. The number of rotatable bonds is 6. The molecular weight excluding hydrogens is 434 g/mol. The van der Waals surface area contributed by atoms with Gasteiger partial charge in [-0.3, -0.25) is 24.6 Å². The molecule has 0 bridgehead atoms. The summed E-state index contributed by atoms with van der Waals surface area (Å²) in [5.41, 5.74) is 3.65. The molecule has 2 saturated heterocycles. The normalized spacial score (nSPS) is 21.2. The van der Waals surface area contributed by atoms with Crippen LogP contribution in [-0.2, 0) is 34.0 Å². The van der Waals surface area contributed by atoms with Crippen molar-refractivity contribution in [1.29, 1.82) is 0 Å². The summed E-state index contributed by atoms with van der Waals surface area (Å²) >= 11 is 0. The number of nitrogens with zero attached hydrogens (tertiary/aromatic N) is 2. The molecule has 5 rings (SSSR count). The van der Waals surface area contributed by atoms with Gasteiger partial charge in [-0.2, -0.15) is 0 Å². The van der Waals surface area contributed by atoms with Crippen LogP contribution >= 0.6 is 0 Å². The summed E-state index contributed by atoms with van der Waals surface area (Å²) < 4.78 is 11.5. The van der Waals surface area contributed by atoms with Crippen LogP contribution in [-0.4, -0.2) is 59.9 Å². The molecule has 0 radical (unpaired) electrons. The zero-order valence-electron chi connectivity index (χ0n) is 19.1. The second kappa shape index (κ2) is 9.95. The lowest BCUT2D eigenvalue weighted by Gasteiger charge is -2.26. The summed E-state index contributed by atoms with van der Waals surface area (Å²) in [4.78, 5) is 41.2. The molecular formula is C26H29N3O5. The fraction of sp³-hybridized carbons (Fsp3) is 0.423. The van der Waals surface area contributed by atoms with Crippen LogP contribution in [0.2, 0.25) is 0 Å². The van der Waals surface area contributed by atoms with Gasteiger partial charge < -0.3 is 14.4 Å². The molecule has 8 nitrogen and oxygen atoms in total. The van der Waals surface area contributed by atoms with Crippen molar-refractivity contribution in [1.82, 2.24) is 15.1 Å². The third-order valence-corrected chi connectivity index (χ3v) is 6.70. The van der Waals surface area contributed by atoms with E-state index in [0.29, 0.717) is 43.7 Å². The second-order valence-corrected chi connectivity index (χ2v) is 9.03. The first-order valence-electron chi connectivity index (χ1n) is 11.9. The highest BCUT2D eigenvalue weighted by molar-refractivity contribution is 6.04. The molecule has 178 valence electrons. The molecule has 3 aliphatic rings. The fourth-order valence-corrected chi connectivity index (χ4v) is 4.80. The monoisotopic (exact) mass is 463 g/mol. The van der Waals surface area contributed by atoms with E-state index in [4.69, 9.17) is 9.47 Å². The van der Waals surface area contributed by atoms with E-state index < -0.39 is 11.9 Å². The minimum absolute atomic E-state index is 0.192. The number of morpholine rings is 1. The molecule has 0 saturated carbocycles. The second-order valence-electron chi connectivity index (χ2n) is 9.03. The Kier molecular flexibility index (Phi) is 6.60. The molecule has 3 heterocycles. The molecule has 0 unspecified atom stereocenters. The molecule has 1 atom stereocenters. The van der Waals surface area contributed by atoms with Crippen LogP contribution in [0, 0.1) is 0 Å². The van der Waals surface area contributed by atoms with E-state index in [2.05, 4.69) is 34.5 Å². The minimum Gasteiger partial charge on any atom is -0.489 e. The van der Waals surface area contributed by atoms with Gasteiger partial charge in [-0.05, 0) is 36.1 Å². The first kappa shape index (κ1) is 22.6. The maximum absolute atomic E-state index is 13.1. The topological polar surface area (TPSA) is 88.2 Å². The Morgan fingerprint density at radius 3 is 2.56 bits per heavy atom. The van der Waals surface area contributed by atoms with Crippen molar-refractivity contribution < 1.29 is 23.9 Å². The smallest absolute Gasteiger partial charge is 0.255 e. The number of nitrogens with one attached hydrogen (secondary N) is 1. The van der Waals surface area contributed by atoms with Gasteiger partial charge in [0, 0.05) is 37.2 Å². The van der Waals surface area contributed by atoms with E-state index >= 15 is 0 Å². The van der Waals surface area contributed by atoms with E-state index in [1.807, 2.05) is 6.07 Å². The summed E-state index contributed by atoms with van der Waals surface area (Å²) in [5.74, 6) is -0.224. The van der Waals surface area contributed by atoms with Crippen LogP contribution in [0.15, 0.2) is 42.5 Å². The summed E-state index contributed by atoms with van der Waals surface area (Å²) in [6.45, 7) is 5.09. The Balaban J connectivity index is 1.24. The van der Waals surface area contributed by atoms with Crippen LogP contribution in [0.3, 0.4) is 0 Å². The fourth-order valence-electron chi connectivity index (χ4n) is 4.80. The molecule has 1 N–H and O–H groups in total. The van der Waals surface area contributed by atoms with Gasteiger partial charge in [0.15, 0.2) is 0 Å². The van der Waals surface area contributed by atoms with Gasteiger partial charge in [-0.1, -0.05) is 30.3 Å². The van der Waals surface area contributed by atoms with Crippen molar-refractivity contribution in [2.24, 2.45) is 0 Å². The van der Waals surface area contributed by atoms with Crippen molar-refractivity contribution >= 4 is 17.7 Å². The highest BCUT2D eigenvalue weighted by atomic mass is 16.5. The van der Waals surface area contributed by atoms with Crippen molar-refractivity contribution in [3.63, 3.8) is 0 Å². The summed E-state index contributed by atoms with van der Waals surface area (Å²) in [5, 5.41) is 2.40. The van der Waals surface area contributed by atoms with E-state index in [9.17, 15) is 14.4 Å². The lowest BCUT2D eigenvalue weighted by molar-refractivity contribution is -0.132. The number of benzene rings is 2. The highest BCUT2D eigenvalue weighted by Gasteiger charge is 2.39. The number of carbonyl (C=O) groups excluding carboxylic acids is 3. The summed E-state index contributed by atoms with van der Waals surface area (Å²) in [6.07, 6.45) is 1.36. The number of carbonyl (C=O) groups is 3. The lowest BCUT2D eigenvalue weighted by atomic mass is 10.1. The van der Waals surface area contributed by atoms with E-state index in [1.54, 1.807) is 17.0 Å². The van der Waals surface area contributed by atoms with E-state index in [0.717, 1.165) is 44.0 Å². The van der Waals surface area contributed by atoms with Gasteiger partial charge in [0.2, 0.25) is 11.8 Å². The summed E-state index contributed by atoms with van der Waals surface area (Å²) in [6, 6.07) is 13.2. The van der Waals surface area contributed by atoms with Crippen LogP contribution < -0.4 is 10.1 Å². The van der Waals surface area contributed by atoms with Crippen LogP contribution in [0.5, 0.6) is 5.75 Å². The average Bonchev–Trinajstić information content (AvgIpc) is 3.08. The molecule has 0 aromatic heterocycles. The molecule has 3 amide bonds. The van der Waals surface area contributed by atoms with Gasteiger partial charge in [0.05, 0.1) is 19.8 Å². The standard InChI is InChI=1S/C26H29N3O5/c30-24-6-2-4-22(25(31)27-24)29-16-21-20(26(29)32)3-1-5-23(21)34-17-19-9-7-18(8-10-19)15-28-11-13-33-14-12-28/h1,3,5,7-10,22H,2,4,6,11-17H2,(H,27,30,31)/t22-/m0/s1. The first-order valence-corrected chi connectivity index (χ1v) is 11.9. The number of hydrogen-bond donors (Lipinski definition) is 1. The Bertz CT molecular complexity index is 1080. The minimum atomic E-state index is -0.641. The van der Waals surface area contributed by atoms with Crippen LogP contribution in [0.25, 0.3) is 0 Å². The molecule has 2 aromatic rings. The summed E-state index contributed by atoms with van der Waals surface area (Å²) in [7, 11) is 0. The SMILES string of the molecule is O=C1CCC[C@H](N2Cc3c(OCc4ccc(CN5CCOCC5)cc4)cccc3C2=O)C(=O)N1. The third-order valence-electron chi connectivity index (χ3n) is 6.70. The number of imide groups is 1. The zero-order valence-corrected chi connectivity index (χ0v) is 19.1. The lowest BCUT2D eigenvalue weighted by Crippen LogP contribution is -2.46. The number of amides is 3. The predicted octanol–water partition coefficient (Wildman–Crippen LogP) is 2.25. The molecule has 2 aromatic carbocycles. The molecule has 34 heavy (non-hydrogen) atoms. The van der Waals surface area contributed by atoms with Crippen LogP contribution in [0.4, 0.5) is 0 Å². The van der Waals surface area contributed by atoms with E-state index in [-0.39, 0.29) is 11.8 Å². The number of ether oxygens (including phenoxy) is 2. The Labute approximate surface area is 198 Å². The average molecular weight is 464 g/mol. The Hall–Kier alpha value is -3.23. The third kappa shape index (κ3) is 4.83. The molecule has 0 aliphatic carbocycles. The van der Waals surface area contributed by atoms with Crippen molar-refractivity contribution in [2.75, 3.05) is 26.3 Å². The number of fused-ring (bicyclic) bond motifs is 1. The zero-order chi connectivity index (χ0) is 23.5. The van der Waals surface area contributed by atoms with E-state index in [1.165, 1.54) is 5.56 Å². The van der Waals surface area contributed by atoms with Gasteiger partial charge in [-0.25, -0.2) is 0 Å². The maximum Gasteiger partial charge on any atom is 0.255 e. The maximum atomic E-state index is 13.1. The Morgan fingerprint density at radius 2 is 1.76 bits per heavy atom. The van der Waals surface area contributed by atoms with Gasteiger partial charge >= 0.3 is 0 Å². The highest BCUT2D eigenvalue weighted by Crippen LogP contribution is 2.34. The predicted molar refractivity (Wildman–Crippen MR) is 124 cm³/mol. The molecule has 2 fully saturated rings. The molecule has 8 heteroatoms. The first-order chi connectivity index (χ1) is 16.6. The van der Waals surface area contributed by atoms with Gasteiger partial charge in [-0.15, -0.1) is 0 Å². The van der Waals surface area contributed by atoms with Gasteiger partial charge in [0.25, 0.3) is 5.91 Å². The van der Waals surface area contributed by atoms with Crippen LogP contribution in [0.1, 0.15) is 46.3 Å². The molecule has 0 spiro atoms. The quantitative estimate of drug-likeness (QED) is 0.662. The van der Waals surface area contributed by atoms with Crippen molar-refractivity contribution in [2.45, 2.75) is 45.0 Å². The van der Waals surface area contributed by atoms with Crippen molar-refractivity contribution in [3.05, 3.63) is 64.7 Å².